The van der Waals surface area contributed by atoms with Gasteiger partial charge in [-0.05, 0) is 55.5 Å². The second-order valence-electron chi connectivity index (χ2n) is 11.5. The topological polar surface area (TPSA) is 75.5 Å². The quantitative estimate of drug-likeness (QED) is 0.116. The maximum atomic E-state index is 13.6. The van der Waals surface area contributed by atoms with Crippen LogP contribution in [0.5, 0.6) is 0 Å². The fraction of sp³-hybridized carbons (Fsp3) is 0.424. The molecular formula is C33H40N4O3S3. The first kappa shape index (κ1) is 31.6. The molecule has 228 valence electrons. The van der Waals surface area contributed by atoms with E-state index in [0.29, 0.717) is 46.0 Å². The van der Waals surface area contributed by atoms with Crippen molar-refractivity contribution >= 4 is 50.3 Å². The monoisotopic (exact) mass is 636 g/mol. The molecule has 43 heavy (non-hydrogen) atoms. The maximum absolute atomic E-state index is 13.6. The number of nitrogens with zero attached hydrogens (tertiary/aromatic N) is 4. The number of rotatable bonds is 12. The Balaban J connectivity index is 1.45. The van der Waals surface area contributed by atoms with Crippen molar-refractivity contribution in [2.45, 2.75) is 70.1 Å². The van der Waals surface area contributed by atoms with Crippen LogP contribution in [0.4, 0.5) is 0 Å². The Bertz CT molecular complexity index is 1580. The Morgan fingerprint density at radius 1 is 1.05 bits per heavy atom. The zero-order chi connectivity index (χ0) is 30.4. The van der Waals surface area contributed by atoms with Gasteiger partial charge in [0.15, 0.2) is 0 Å². The summed E-state index contributed by atoms with van der Waals surface area (Å²) in [5.41, 5.74) is 2.87. The molecule has 0 radical (unpaired) electrons. The van der Waals surface area contributed by atoms with E-state index in [-0.39, 0.29) is 10.8 Å². The van der Waals surface area contributed by atoms with Gasteiger partial charge in [-0.3, -0.25) is 9.69 Å². The molecule has 2 aliphatic heterocycles. The van der Waals surface area contributed by atoms with Gasteiger partial charge in [0.1, 0.15) is 10.0 Å². The van der Waals surface area contributed by atoms with E-state index < -0.39 is 10.0 Å². The Morgan fingerprint density at radius 2 is 1.81 bits per heavy atom. The van der Waals surface area contributed by atoms with E-state index in [1.165, 1.54) is 37.4 Å². The first-order valence-corrected chi connectivity index (χ1v) is 18.0. The van der Waals surface area contributed by atoms with Crippen LogP contribution in [0.1, 0.15) is 70.8 Å². The van der Waals surface area contributed by atoms with Crippen LogP contribution >= 0.6 is 24.0 Å². The summed E-state index contributed by atoms with van der Waals surface area (Å²) in [5, 5.41) is 4.89. The Hall–Kier alpha value is -2.79. The lowest BCUT2D eigenvalue weighted by molar-refractivity contribution is -0.122. The number of para-hydroxylation sites is 1. The molecule has 1 amide bonds. The molecule has 1 unspecified atom stereocenters. The van der Waals surface area contributed by atoms with Gasteiger partial charge in [-0.1, -0.05) is 100 Å². The molecule has 2 aromatic carbocycles. The van der Waals surface area contributed by atoms with Crippen molar-refractivity contribution in [2.24, 2.45) is 5.92 Å². The molecule has 1 aromatic heterocycles. The van der Waals surface area contributed by atoms with E-state index >= 15 is 0 Å². The zero-order valence-electron chi connectivity index (χ0n) is 24.9. The molecule has 0 bridgehead atoms. The van der Waals surface area contributed by atoms with Gasteiger partial charge in [0.05, 0.1) is 15.5 Å². The molecule has 1 atom stereocenters. The van der Waals surface area contributed by atoms with Crippen LogP contribution in [0, 0.1) is 5.92 Å². The Kier molecular flexibility index (Phi) is 10.5. The summed E-state index contributed by atoms with van der Waals surface area (Å²) in [7, 11) is -3.64. The molecule has 5 rings (SSSR count). The molecule has 7 nitrogen and oxygen atoms in total. The molecule has 2 fully saturated rings. The van der Waals surface area contributed by atoms with Gasteiger partial charge in [-0.25, -0.2) is 13.1 Å². The normalized spacial score (nSPS) is 19.1. The highest BCUT2D eigenvalue weighted by atomic mass is 32.2. The third kappa shape index (κ3) is 7.48. The third-order valence-corrected chi connectivity index (χ3v) is 11.3. The highest BCUT2D eigenvalue weighted by Crippen LogP contribution is 2.36. The van der Waals surface area contributed by atoms with E-state index in [4.69, 9.17) is 17.3 Å². The smallest absolute Gasteiger partial charge is 0.266 e. The molecule has 0 saturated carbocycles. The summed E-state index contributed by atoms with van der Waals surface area (Å²) in [6, 6.07) is 16.7. The molecule has 2 aliphatic rings. The fourth-order valence-corrected chi connectivity index (χ4v) is 8.58. The van der Waals surface area contributed by atoms with Gasteiger partial charge in [0, 0.05) is 37.0 Å². The lowest BCUT2D eigenvalue weighted by Crippen LogP contribution is -2.39. The molecule has 0 N–H and O–H groups in total. The van der Waals surface area contributed by atoms with Crippen molar-refractivity contribution in [3.8, 4) is 16.9 Å². The minimum Gasteiger partial charge on any atom is -0.293 e. The van der Waals surface area contributed by atoms with Crippen LogP contribution in [0.3, 0.4) is 0 Å². The average molecular weight is 637 g/mol. The highest BCUT2D eigenvalue weighted by Gasteiger charge is 2.32. The predicted molar refractivity (Wildman–Crippen MR) is 179 cm³/mol. The molecule has 0 aliphatic carbocycles. The van der Waals surface area contributed by atoms with Crippen molar-refractivity contribution in [3.63, 3.8) is 0 Å². The predicted octanol–water partition coefficient (Wildman–Crippen LogP) is 7.52. The number of hydrogen-bond donors (Lipinski definition) is 0. The van der Waals surface area contributed by atoms with Gasteiger partial charge in [0.25, 0.3) is 5.91 Å². The number of carbonyl (C=O) groups excluding carboxylic acids is 1. The summed E-state index contributed by atoms with van der Waals surface area (Å²) in [6.45, 7) is 5.98. The van der Waals surface area contributed by atoms with Crippen molar-refractivity contribution in [2.75, 3.05) is 19.6 Å². The fourth-order valence-electron chi connectivity index (χ4n) is 5.63. The molecule has 0 spiro atoms. The van der Waals surface area contributed by atoms with Gasteiger partial charge < -0.3 is 0 Å². The van der Waals surface area contributed by atoms with E-state index in [9.17, 15) is 13.2 Å². The van der Waals surface area contributed by atoms with Gasteiger partial charge in [0.2, 0.25) is 10.0 Å². The Morgan fingerprint density at radius 3 is 2.58 bits per heavy atom. The molecular weight excluding hydrogens is 597 g/mol. The van der Waals surface area contributed by atoms with Crippen molar-refractivity contribution in [1.82, 2.24) is 19.0 Å². The number of piperidine rings is 1. The van der Waals surface area contributed by atoms with Crippen molar-refractivity contribution in [1.29, 1.82) is 0 Å². The second-order valence-corrected chi connectivity index (χ2v) is 15.1. The molecule has 10 heteroatoms. The number of hydrogen-bond acceptors (Lipinski definition) is 6. The number of carbonyl (C=O) groups is 1. The van der Waals surface area contributed by atoms with E-state index in [0.717, 1.165) is 36.9 Å². The Labute approximate surface area is 265 Å². The van der Waals surface area contributed by atoms with Gasteiger partial charge in [-0.15, -0.1) is 0 Å². The second kappa shape index (κ2) is 14.3. The average Bonchev–Trinajstić information content (AvgIpc) is 3.55. The number of amides is 1. The third-order valence-electron chi connectivity index (χ3n) is 8.02. The maximum Gasteiger partial charge on any atom is 0.266 e. The highest BCUT2D eigenvalue weighted by molar-refractivity contribution is 8.26. The minimum atomic E-state index is -3.64. The van der Waals surface area contributed by atoms with E-state index in [1.54, 1.807) is 32.1 Å². The number of thiocarbonyl (C=S) groups is 1. The van der Waals surface area contributed by atoms with Crippen LogP contribution in [0.25, 0.3) is 23.0 Å². The number of thioether (sulfide) groups is 1. The van der Waals surface area contributed by atoms with Gasteiger partial charge in [-0.2, -0.15) is 9.40 Å². The van der Waals surface area contributed by atoms with E-state index in [1.807, 2.05) is 48.7 Å². The first-order chi connectivity index (χ1) is 20.8. The summed E-state index contributed by atoms with van der Waals surface area (Å²) in [6.07, 6.45) is 12.5. The summed E-state index contributed by atoms with van der Waals surface area (Å²) in [5.74, 6) is 0.247. The van der Waals surface area contributed by atoms with Crippen LogP contribution in [-0.2, 0) is 14.8 Å². The van der Waals surface area contributed by atoms with Crippen LogP contribution in [-0.4, -0.2) is 57.3 Å². The van der Waals surface area contributed by atoms with Crippen LogP contribution < -0.4 is 0 Å². The lowest BCUT2D eigenvalue weighted by atomic mass is 10.0. The minimum absolute atomic E-state index is 0.0856. The molecule has 2 saturated heterocycles. The first-order valence-electron chi connectivity index (χ1n) is 15.3. The number of sulfonamides is 1. The molecule has 3 aromatic rings. The SMILES string of the molecule is CCCCCCCCN1C(=O)/C(=C/c2cn(-c3ccccc3)nc2-c2cccc(S(=O)(=O)N3CCCC(C)C3)c2)SC1=S. The summed E-state index contributed by atoms with van der Waals surface area (Å²) >= 11 is 6.92. The van der Waals surface area contributed by atoms with Gasteiger partial charge >= 0.3 is 0 Å². The number of benzene rings is 2. The number of aromatic nitrogens is 2. The number of unbranched alkanes of at least 4 members (excludes halogenated alkanes) is 5. The van der Waals surface area contributed by atoms with Crippen molar-refractivity contribution < 1.29 is 13.2 Å². The summed E-state index contributed by atoms with van der Waals surface area (Å²) < 4.78 is 31.1. The van der Waals surface area contributed by atoms with Crippen molar-refractivity contribution in [3.05, 3.63) is 71.3 Å². The van der Waals surface area contributed by atoms with Crippen LogP contribution in [0.2, 0.25) is 0 Å². The molecule has 3 heterocycles. The van der Waals surface area contributed by atoms with Crippen LogP contribution in [0.15, 0.2) is 70.6 Å². The van der Waals surface area contributed by atoms with E-state index in [2.05, 4.69) is 13.8 Å². The lowest BCUT2D eigenvalue weighted by Gasteiger charge is -2.30. The zero-order valence-corrected chi connectivity index (χ0v) is 27.4. The largest absolute Gasteiger partial charge is 0.293 e. The standard InChI is InChI=1S/C33H40N4O3S3/c1-3-4-5-6-7-11-20-36-32(38)30(42-33(36)41)22-27-24-37(28-16-9-8-10-17-28)34-31(27)26-15-12-18-29(21-26)43(39,40)35-19-13-14-25(2)23-35/h8-10,12,15-18,21-22,24-25H,3-7,11,13-14,19-20,23H2,1-2H3/b30-22-. The summed E-state index contributed by atoms with van der Waals surface area (Å²) in [4.78, 5) is 15.9.